The van der Waals surface area contributed by atoms with Crippen molar-refractivity contribution in [2.45, 2.75) is 59.3 Å². The van der Waals surface area contributed by atoms with Crippen LogP contribution in [0.15, 0.2) is 0 Å². The van der Waals surface area contributed by atoms with Crippen LogP contribution in [0.3, 0.4) is 0 Å². The third-order valence-electron chi connectivity index (χ3n) is 7.19. The minimum Gasteiger partial charge on any atom is -0.340 e. The molecule has 1 heterocycles. The highest BCUT2D eigenvalue weighted by molar-refractivity contribution is 5.83. The molecule has 1 aliphatic heterocycles. The lowest BCUT2D eigenvalue weighted by atomic mass is 9.40. The Kier molecular flexibility index (Phi) is 3.21. The van der Waals surface area contributed by atoms with Crippen LogP contribution in [0.5, 0.6) is 0 Å². The molecule has 4 bridgehead atoms. The zero-order chi connectivity index (χ0) is 15.6. The summed E-state index contributed by atoms with van der Waals surface area (Å²) in [7, 11) is 0. The second-order valence-electron chi connectivity index (χ2n) is 9.64. The summed E-state index contributed by atoms with van der Waals surface area (Å²) in [6.45, 7) is 12.3. The summed E-state index contributed by atoms with van der Waals surface area (Å²) in [4.78, 5) is 18.1. The molecule has 2 atom stereocenters. The molecule has 124 valence electrons. The minimum atomic E-state index is -0.00268. The highest BCUT2D eigenvalue weighted by atomic mass is 16.2. The van der Waals surface area contributed by atoms with E-state index in [0.717, 1.165) is 38.6 Å². The number of rotatable bonds is 2. The van der Waals surface area contributed by atoms with Gasteiger partial charge >= 0.3 is 0 Å². The number of nitrogens with zero attached hydrogens (tertiary/aromatic N) is 2. The molecule has 1 saturated heterocycles. The fourth-order valence-corrected chi connectivity index (χ4v) is 7.29. The van der Waals surface area contributed by atoms with Crippen molar-refractivity contribution in [3.63, 3.8) is 0 Å². The molecule has 0 spiro atoms. The molecule has 0 aromatic heterocycles. The van der Waals surface area contributed by atoms with E-state index in [9.17, 15) is 4.79 Å². The van der Waals surface area contributed by atoms with Crippen molar-refractivity contribution in [2.24, 2.45) is 22.2 Å². The van der Waals surface area contributed by atoms with Gasteiger partial charge in [-0.3, -0.25) is 4.79 Å². The van der Waals surface area contributed by atoms with Crippen molar-refractivity contribution in [1.82, 2.24) is 9.80 Å². The maximum atomic E-state index is 13.4. The summed E-state index contributed by atoms with van der Waals surface area (Å²) in [5.74, 6) is 1.33. The molecule has 1 amide bonds. The van der Waals surface area contributed by atoms with Crippen molar-refractivity contribution in [3.05, 3.63) is 0 Å². The van der Waals surface area contributed by atoms with E-state index in [1.807, 2.05) is 0 Å². The maximum Gasteiger partial charge on any atom is 0.228 e. The first-order chi connectivity index (χ1) is 10.4. The topological polar surface area (TPSA) is 23.6 Å². The molecule has 3 heteroatoms. The second kappa shape index (κ2) is 4.72. The van der Waals surface area contributed by atoms with Crippen molar-refractivity contribution in [3.8, 4) is 0 Å². The lowest BCUT2D eigenvalue weighted by molar-refractivity contribution is -0.180. The third kappa shape index (κ3) is 2.23. The average molecular weight is 304 g/mol. The largest absolute Gasteiger partial charge is 0.340 e. The van der Waals surface area contributed by atoms with Crippen LogP contribution in [0.4, 0.5) is 0 Å². The van der Waals surface area contributed by atoms with Crippen LogP contribution in [0, 0.1) is 22.2 Å². The molecule has 4 saturated carbocycles. The number of likely N-dealkylation sites (N-methyl/N-ethyl adjacent to an activating group) is 1. The smallest absolute Gasteiger partial charge is 0.228 e. The Labute approximate surface area is 135 Å². The van der Waals surface area contributed by atoms with E-state index in [1.165, 1.54) is 38.5 Å². The van der Waals surface area contributed by atoms with Gasteiger partial charge in [-0.25, -0.2) is 0 Å². The third-order valence-corrected chi connectivity index (χ3v) is 7.19. The summed E-state index contributed by atoms with van der Waals surface area (Å²) in [6, 6.07) is 0. The van der Waals surface area contributed by atoms with Crippen LogP contribution in [0.2, 0.25) is 0 Å². The number of piperazine rings is 1. The summed E-state index contributed by atoms with van der Waals surface area (Å²) < 4.78 is 0. The molecule has 2 unspecified atom stereocenters. The highest BCUT2D eigenvalue weighted by Crippen LogP contribution is 2.69. The van der Waals surface area contributed by atoms with E-state index in [-0.39, 0.29) is 5.41 Å². The predicted octanol–water partition coefficient (Wildman–Crippen LogP) is 3.15. The van der Waals surface area contributed by atoms with Gasteiger partial charge in [-0.05, 0) is 61.8 Å². The molecule has 4 aliphatic carbocycles. The summed E-state index contributed by atoms with van der Waals surface area (Å²) >= 11 is 0. The van der Waals surface area contributed by atoms with E-state index in [2.05, 4.69) is 30.6 Å². The first-order valence-corrected chi connectivity index (χ1v) is 9.37. The lowest BCUT2D eigenvalue weighted by Crippen LogP contribution is -2.62. The molecule has 0 aromatic rings. The second-order valence-corrected chi connectivity index (χ2v) is 9.64. The van der Waals surface area contributed by atoms with E-state index < -0.39 is 0 Å². The molecule has 22 heavy (non-hydrogen) atoms. The summed E-state index contributed by atoms with van der Waals surface area (Å²) in [5.41, 5.74) is 0.876. The van der Waals surface area contributed by atoms with Gasteiger partial charge in [0.05, 0.1) is 5.41 Å². The van der Waals surface area contributed by atoms with Crippen LogP contribution < -0.4 is 0 Å². The maximum absolute atomic E-state index is 13.4. The monoisotopic (exact) mass is 304 g/mol. The van der Waals surface area contributed by atoms with E-state index >= 15 is 0 Å². The number of carbonyl (C=O) groups is 1. The Morgan fingerprint density at radius 1 is 0.955 bits per heavy atom. The molecule has 5 aliphatic rings. The molecular weight excluding hydrogens is 272 g/mol. The summed E-state index contributed by atoms with van der Waals surface area (Å²) in [6.07, 6.45) is 7.63. The fraction of sp³-hybridized carbons (Fsp3) is 0.947. The van der Waals surface area contributed by atoms with E-state index in [0.29, 0.717) is 16.7 Å². The van der Waals surface area contributed by atoms with Gasteiger partial charge in [0.25, 0.3) is 0 Å². The SMILES string of the molecule is CCN1CCN(C(=O)C23CC4CC(C)(CC(C)(C4)C2)C3)CC1. The number of hydrogen-bond acceptors (Lipinski definition) is 2. The quantitative estimate of drug-likeness (QED) is 0.782. The fourth-order valence-electron chi connectivity index (χ4n) is 7.29. The Bertz CT molecular complexity index is 462. The lowest BCUT2D eigenvalue weighted by Gasteiger charge is -2.65. The Balaban J connectivity index is 1.55. The zero-order valence-corrected chi connectivity index (χ0v) is 14.7. The van der Waals surface area contributed by atoms with Gasteiger partial charge in [-0.2, -0.15) is 0 Å². The van der Waals surface area contributed by atoms with E-state index in [4.69, 9.17) is 0 Å². The standard InChI is InChI=1S/C19H32N2O/c1-4-20-5-7-21(8-6-20)16(22)19-11-15-9-17(2,13-19)12-18(3,10-15)14-19/h15H,4-14H2,1-3H3. The van der Waals surface area contributed by atoms with Crippen LogP contribution >= 0.6 is 0 Å². The van der Waals surface area contributed by atoms with Crippen molar-refractivity contribution in [1.29, 1.82) is 0 Å². The number of hydrogen-bond donors (Lipinski definition) is 0. The van der Waals surface area contributed by atoms with Crippen LogP contribution in [0.25, 0.3) is 0 Å². The van der Waals surface area contributed by atoms with Gasteiger partial charge < -0.3 is 9.80 Å². The van der Waals surface area contributed by atoms with Crippen LogP contribution in [0.1, 0.15) is 59.3 Å². The first-order valence-electron chi connectivity index (χ1n) is 9.37. The van der Waals surface area contributed by atoms with Crippen LogP contribution in [-0.4, -0.2) is 48.4 Å². The van der Waals surface area contributed by atoms with Crippen molar-refractivity contribution >= 4 is 5.91 Å². The van der Waals surface area contributed by atoms with Gasteiger partial charge in [0.15, 0.2) is 0 Å². The van der Waals surface area contributed by atoms with Crippen molar-refractivity contribution in [2.75, 3.05) is 32.7 Å². The van der Waals surface area contributed by atoms with Gasteiger partial charge in [0, 0.05) is 26.2 Å². The Hall–Kier alpha value is -0.570. The van der Waals surface area contributed by atoms with Gasteiger partial charge in [-0.1, -0.05) is 20.8 Å². The Morgan fingerprint density at radius 2 is 1.55 bits per heavy atom. The zero-order valence-electron chi connectivity index (χ0n) is 14.7. The predicted molar refractivity (Wildman–Crippen MR) is 88.5 cm³/mol. The molecule has 5 fully saturated rings. The van der Waals surface area contributed by atoms with Crippen LogP contribution in [-0.2, 0) is 4.79 Å². The molecule has 3 nitrogen and oxygen atoms in total. The highest BCUT2D eigenvalue weighted by Gasteiger charge is 2.63. The average Bonchev–Trinajstić information content (AvgIpc) is 2.43. The molecule has 5 rings (SSSR count). The molecule has 0 N–H and O–H groups in total. The first kappa shape index (κ1) is 15.0. The van der Waals surface area contributed by atoms with Gasteiger partial charge in [0.2, 0.25) is 5.91 Å². The van der Waals surface area contributed by atoms with Crippen molar-refractivity contribution < 1.29 is 4.79 Å². The molecule has 0 aromatic carbocycles. The minimum absolute atomic E-state index is 0.00268. The number of carbonyl (C=O) groups excluding carboxylic acids is 1. The molecular formula is C19H32N2O. The van der Waals surface area contributed by atoms with Gasteiger partial charge in [0.1, 0.15) is 0 Å². The summed E-state index contributed by atoms with van der Waals surface area (Å²) in [5, 5.41) is 0. The molecule has 0 radical (unpaired) electrons. The van der Waals surface area contributed by atoms with Gasteiger partial charge in [-0.15, -0.1) is 0 Å². The number of amides is 1. The normalized spacial score (nSPS) is 48.0. The van der Waals surface area contributed by atoms with E-state index in [1.54, 1.807) is 0 Å². The Morgan fingerprint density at radius 3 is 2.05 bits per heavy atom.